The second-order valence-corrected chi connectivity index (χ2v) is 8.51. The molecule has 0 bridgehead atoms. The van der Waals surface area contributed by atoms with E-state index in [1.807, 2.05) is 24.3 Å². The molecule has 32 heavy (non-hydrogen) atoms. The Morgan fingerprint density at radius 2 is 1.97 bits per heavy atom. The van der Waals surface area contributed by atoms with Crippen LogP contribution < -0.4 is 4.74 Å². The summed E-state index contributed by atoms with van der Waals surface area (Å²) < 4.78 is 12.4. The molecule has 0 fully saturated rings. The third-order valence-electron chi connectivity index (χ3n) is 4.46. The molecule has 0 atom stereocenters. The maximum atomic E-state index is 11.9. The fourth-order valence-electron chi connectivity index (χ4n) is 2.94. The standard InChI is InChI=1S/C24H15BrN2O4S/c25-18-9-10-20(30-14-16-6-2-1-5-15(16)13-26)17(11-18)12-22(23(28)29)32-24-27-19-7-3-4-8-21(19)31-24/h1-12H,14H2,(H,28,29)/b22-12-. The van der Waals surface area contributed by atoms with Gasteiger partial charge in [0.25, 0.3) is 5.22 Å². The van der Waals surface area contributed by atoms with Crippen LogP contribution in [0.15, 0.2) is 85.7 Å². The van der Waals surface area contributed by atoms with Crippen LogP contribution in [-0.2, 0) is 11.4 Å². The van der Waals surface area contributed by atoms with Crippen molar-refractivity contribution < 1.29 is 19.1 Å². The number of carboxylic acid groups (broad SMARTS) is 1. The summed E-state index contributed by atoms with van der Waals surface area (Å²) in [4.78, 5) is 16.3. The van der Waals surface area contributed by atoms with E-state index >= 15 is 0 Å². The SMILES string of the molecule is N#Cc1ccccc1COc1ccc(Br)cc1/C=C(\Sc1nc2ccccc2o1)C(=O)O. The van der Waals surface area contributed by atoms with Crippen molar-refractivity contribution in [3.05, 3.63) is 92.8 Å². The second kappa shape index (κ2) is 9.73. The van der Waals surface area contributed by atoms with Crippen LogP contribution in [0.1, 0.15) is 16.7 Å². The lowest BCUT2D eigenvalue weighted by Crippen LogP contribution is -2.01. The van der Waals surface area contributed by atoms with Gasteiger partial charge in [0.05, 0.1) is 11.6 Å². The summed E-state index contributed by atoms with van der Waals surface area (Å²) in [6.45, 7) is 0.173. The molecule has 0 unspecified atom stereocenters. The number of ether oxygens (including phenoxy) is 1. The maximum Gasteiger partial charge on any atom is 0.342 e. The van der Waals surface area contributed by atoms with Gasteiger partial charge in [-0.3, -0.25) is 0 Å². The zero-order valence-corrected chi connectivity index (χ0v) is 18.9. The fourth-order valence-corrected chi connectivity index (χ4v) is 4.05. The second-order valence-electron chi connectivity index (χ2n) is 6.60. The highest BCUT2D eigenvalue weighted by molar-refractivity contribution is 9.10. The van der Waals surface area contributed by atoms with Crippen LogP contribution in [0.25, 0.3) is 17.2 Å². The molecular formula is C24H15BrN2O4S. The number of fused-ring (bicyclic) bond motifs is 1. The highest BCUT2D eigenvalue weighted by Gasteiger charge is 2.16. The van der Waals surface area contributed by atoms with E-state index < -0.39 is 5.97 Å². The number of nitrogens with zero attached hydrogens (tertiary/aromatic N) is 2. The van der Waals surface area contributed by atoms with E-state index in [-0.39, 0.29) is 16.7 Å². The molecule has 0 aliphatic heterocycles. The molecule has 0 spiro atoms. The molecule has 1 N–H and O–H groups in total. The van der Waals surface area contributed by atoms with E-state index in [0.29, 0.717) is 28.0 Å². The maximum absolute atomic E-state index is 11.9. The molecule has 4 aromatic rings. The van der Waals surface area contributed by atoms with Crippen LogP contribution in [0.3, 0.4) is 0 Å². The minimum absolute atomic E-state index is 0.0249. The molecule has 0 aliphatic carbocycles. The van der Waals surface area contributed by atoms with Gasteiger partial charge >= 0.3 is 5.97 Å². The highest BCUT2D eigenvalue weighted by Crippen LogP contribution is 2.33. The number of carbonyl (C=O) groups is 1. The largest absolute Gasteiger partial charge is 0.488 e. The van der Waals surface area contributed by atoms with Gasteiger partial charge in [0.2, 0.25) is 0 Å². The van der Waals surface area contributed by atoms with E-state index in [1.54, 1.807) is 42.5 Å². The van der Waals surface area contributed by atoms with Gasteiger partial charge in [-0.1, -0.05) is 46.3 Å². The van der Waals surface area contributed by atoms with E-state index in [2.05, 4.69) is 27.0 Å². The Kier molecular flexibility index (Phi) is 6.59. The first-order chi connectivity index (χ1) is 15.5. The minimum Gasteiger partial charge on any atom is -0.488 e. The molecule has 4 rings (SSSR count). The monoisotopic (exact) mass is 506 g/mol. The third-order valence-corrected chi connectivity index (χ3v) is 5.82. The predicted molar refractivity (Wildman–Crippen MR) is 125 cm³/mol. The highest BCUT2D eigenvalue weighted by atomic mass is 79.9. The number of thioether (sulfide) groups is 1. The number of hydrogen-bond acceptors (Lipinski definition) is 6. The Morgan fingerprint density at radius 1 is 1.19 bits per heavy atom. The van der Waals surface area contributed by atoms with Crippen molar-refractivity contribution in [1.29, 1.82) is 5.26 Å². The lowest BCUT2D eigenvalue weighted by Gasteiger charge is -2.11. The van der Waals surface area contributed by atoms with Gasteiger partial charge in [-0.25, -0.2) is 9.78 Å². The topological polar surface area (TPSA) is 96.4 Å². The number of hydrogen-bond donors (Lipinski definition) is 1. The first-order valence-corrected chi connectivity index (χ1v) is 11.0. The molecule has 0 radical (unpaired) electrons. The van der Waals surface area contributed by atoms with Gasteiger partial charge in [0.15, 0.2) is 5.58 Å². The van der Waals surface area contributed by atoms with Crippen LogP contribution in [0.2, 0.25) is 0 Å². The molecular weight excluding hydrogens is 492 g/mol. The lowest BCUT2D eigenvalue weighted by atomic mass is 10.1. The number of para-hydroxylation sites is 2. The van der Waals surface area contributed by atoms with E-state index in [0.717, 1.165) is 21.8 Å². The molecule has 8 heteroatoms. The number of nitriles is 1. The minimum atomic E-state index is -1.11. The summed E-state index contributed by atoms with van der Waals surface area (Å²) in [5.74, 6) is -0.629. The van der Waals surface area contributed by atoms with Crippen LogP contribution in [0.4, 0.5) is 0 Å². The smallest absolute Gasteiger partial charge is 0.342 e. The third kappa shape index (κ3) is 5.02. The number of aliphatic carboxylic acids is 1. The summed E-state index contributed by atoms with van der Waals surface area (Å²) in [6.07, 6.45) is 1.51. The summed E-state index contributed by atoms with van der Waals surface area (Å²) >= 11 is 4.34. The van der Waals surface area contributed by atoms with Crippen LogP contribution in [-0.4, -0.2) is 16.1 Å². The van der Waals surface area contributed by atoms with Crippen molar-refractivity contribution in [1.82, 2.24) is 4.98 Å². The van der Waals surface area contributed by atoms with Crippen molar-refractivity contribution in [2.75, 3.05) is 0 Å². The normalized spacial score (nSPS) is 11.3. The number of aromatic nitrogens is 1. The van der Waals surface area contributed by atoms with Gasteiger partial charge in [-0.15, -0.1) is 0 Å². The van der Waals surface area contributed by atoms with Crippen LogP contribution in [0, 0.1) is 11.3 Å². The van der Waals surface area contributed by atoms with Crippen molar-refractivity contribution in [2.24, 2.45) is 0 Å². The first kappa shape index (κ1) is 21.7. The number of oxazole rings is 1. The zero-order chi connectivity index (χ0) is 22.5. The molecule has 0 saturated carbocycles. The molecule has 1 heterocycles. The average molecular weight is 507 g/mol. The van der Waals surface area contributed by atoms with Crippen molar-refractivity contribution >= 4 is 50.8 Å². The van der Waals surface area contributed by atoms with Crippen molar-refractivity contribution in [2.45, 2.75) is 11.8 Å². The molecule has 0 saturated heterocycles. The Bertz CT molecular complexity index is 1340. The molecule has 1 aromatic heterocycles. The number of rotatable bonds is 7. The predicted octanol–water partition coefficient (Wildman–Crippen LogP) is 6.26. The molecule has 6 nitrogen and oxygen atoms in total. The molecule has 0 amide bonds. The Labute approximate surface area is 196 Å². The Hall–Kier alpha value is -3.54. The number of benzene rings is 3. The average Bonchev–Trinajstić information content (AvgIpc) is 3.20. The fraction of sp³-hybridized carbons (Fsp3) is 0.0417. The molecule has 3 aromatic carbocycles. The molecule has 158 valence electrons. The van der Waals surface area contributed by atoms with Gasteiger partial charge in [0.1, 0.15) is 22.8 Å². The number of halogens is 1. The van der Waals surface area contributed by atoms with Crippen molar-refractivity contribution in [3.63, 3.8) is 0 Å². The van der Waals surface area contributed by atoms with Gasteiger partial charge in [0, 0.05) is 15.6 Å². The van der Waals surface area contributed by atoms with Gasteiger partial charge in [-0.2, -0.15) is 5.26 Å². The number of carboxylic acids is 1. The van der Waals surface area contributed by atoms with Gasteiger partial charge in [-0.05, 0) is 54.2 Å². The quantitative estimate of drug-likeness (QED) is 0.233. The summed E-state index contributed by atoms with van der Waals surface area (Å²) in [7, 11) is 0. The van der Waals surface area contributed by atoms with E-state index in [4.69, 9.17) is 9.15 Å². The summed E-state index contributed by atoms with van der Waals surface area (Å²) in [5.41, 5.74) is 3.08. The van der Waals surface area contributed by atoms with E-state index in [9.17, 15) is 15.2 Å². The molecule has 0 aliphatic rings. The Morgan fingerprint density at radius 3 is 2.75 bits per heavy atom. The lowest BCUT2D eigenvalue weighted by molar-refractivity contribution is -0.131. The van der Waals surface area contributed by atoms with Gasteiger partial charge < -0.3 is 14.3 Å². The first-order valence-electron chi connectivity index (χ1n) is 9.42. The van der Waals surface area contributed by atoms with E-state index in [1.165, 1.54) is 6.08 Å². The van der Waals surface area contributed by atoms with Crippen LogP contribution >= 0.6 is 27.7 Å². The van der Waals surface area contributed by atoms with Crippen LogP contribution in [0.5, 0.6) is 5.75 Å². The summed E-state index contributed by atoms with van der Waals surface area (Å²) in [5, 5.41) is 19.3. The Balaban J connectivity index is 1.63. The van der Waals surface area contributed by atoms with Crippen molar-refractivity contribution in [3.8, 4) is 11.8 Å². The zero-order valence-electron chi connectivity index (χ0n) is 16.5. The summed E-state index contributed by atoms with van der Waals surface area (Å²) in [6, 6.07) is 21.9.